The molecule has 0 atom stereocenters. The highest BCUT2D eigenvalue weighted by molar-refractivity contribution is 5.26. The molecule has 0 heterocycles. The number of benzene rings is 1. The molecule has 1 aromatic carbocycles. The van der Waals surface area contributed by atoms with Crippen LogP contribution in [0.1, 0.15) is 18.1 Å². The molecule has 0 saturated carbocycles. The highest BCUT2D eigenvalue weighted by Gasteiger charge is 1.84. The van der Waals surface area contributed by atoms with Gasteiger partial charge in [-0.1, -0.05) is 36.8 Å². The Balaban J connectivity index is 0. The lowest BCUT2D eigenvalue weighted by atomic mass is 10.1. The van der Waals surface area contributed by atoms with Gasteiger partial charge in [0.15, 0.2) is 0 Å². The molecule has 80 valence electrons. The van der Waals surface area contributed by atoms with Crippen molar-refractivity contribution in [2.45, 2.75) is 20.3 Å². The van der Waals surface area contributed by atoms with Crippen molar-refractivity contribution in [3.05, 3.63) is 35.4 Å². The van der Waals surface area contributed by atoms with E-state index in [1.807, 2.05) is 0 Å². The first kappa shape index (κ1) is 15.5. The second kappa shape index (κ2) is 12.0. The van der Waals surface area contributed by atoms with Crippen molar-refractivity contribution in [3.63, 3.8) is 0 Å². The lowest BCUT2D eigenvalue weighted by molar-refractivity contribution is 0.562. The first-order valence-electron chi connectivity index (χ1n) is 4.29. The number of aryl methyl sites for hydroxylation is 2. The van der Waals surface area contributed by atoms with Crippen LogP contribution in [0.15, 0.2) is 24.3 Å². The summed E-state index contributed by atoms with van der Waals surface area (Å²) in [6.07, 6.45) is 2.64. The lowest BCUT2D eigenvalue weighted by Crippen LogP contribution is -1.77. The molecule has 0 amide bonds. The number of nitrogens with one attached hydrogen (secondary N) is 2. The van der Waals surface area contributed by atoms with Gasteiger partial charge in [-0.05, 0) is 18.9 Å². The van der Waals surface area contributed by atoms with Crippen LogP contribution in [0.4, 0.5) is 0 Å². The molecular formula is C11H14N2O2. The van der Waals surface area contributed by atoms with E-state index in [-0.39, 0.29) is 0 Å². The van der Waals surface area contributed by atoms with Gasteiger partial charge in [-0.3, -0.25) is 0 Å². The number of rotatable bonds is 1. The maximum atomic E-state index is 8.35. The molecule has 4 nitrogen and oxygen atoms in total. The van der Waals surface area contributed by atoms with E-state index in [0.717, 1.165) is 18.6 Å². The van der Waals surface area contributed by atoms with Crippen molar-refractivity contribution in [1.82, 2.24) is 0 Å². The Morgan fingerprint density at radius 1 is 1.07 bits per heavy atom. The van der Waals surface area contributed by atoms with Crippen LogP contribution in [0.3, 0.4) is 0 Å². The van der Waals surface area contributed by atoms with E-state index in [1.54, 1.807) is 0 Å². The Bertz CT molecular complexity index is 307. The molecule has 0 aliphatic carbocycles. The van der Waals surface area contributed by atoms with Crippen molar-refractivity contribution in [2.75, 3.05) is 0 Å². The largest absolute Gasteiger partial charge is 0.231 e. The Morgan fingerprint density at radius 2 is 1.40 bits per heavy atom. The zero-order valence-corrected chi connectivity index (χ0v) is 8.83. The minimum absolute atomic E-state index is 0.750. The zero-order valence-electron chi connectivity index (χ0n) is 8.83. The van der Waals surface area contributed by atoms with E-state index in [9.17, 15) is 0 Å². The van der Waals surface area contributed by atoms with E-state index in [2.05, 4.69) is 38.1 Å². The minimum atomic E-state index is 0.750. The molecule has 1 rings (SSSR count). The Morgan fingerprint density at radius 3 is 1.67 bits per heavy atom. The van der Waals surface area contributed by atoms with Crippen molar-refractivity contribution in [3.8, 4) is 0 Å². The molecule has 0 fully saturated rings. The third-order valence-corrected chi connectivity index (χ3v) is 1.53. The van der Waals surface area contributed by atoms with E-state index < -0.39 is 0 Å². The molecule has 15 heavy (non-hydrogen) atoms. The van der Waals surface area contributed by atoms with Gasteiger partial charge in [0, 0.05) is 0 Å². The first-order chi connectivity index (χ1) is 7.15. The predicted molar refractivity (Wildman–Crippen MR) is 57.4 cm³/mol. The average molecular weight is 206 g/mol. The second-order valence-corrected chi connectivity index (χ2v) is 2.54. The smallest absolute Gasteiger partial charge is 0.222 e. The summed E-state index contributed by atoms with van der Waals surface area (Å²) in [6.45, 7) is 4.28. The molecule has 0 bridgehead atoms. The monoisotopic (exact) mass is 206 g/mol. The van der Waals surface area contributed by atoms with Gasteiger partial charge in [0.25, 0.3) is 0 Å². The average Bonchev–Trinajstić information content (AvgIpc) is 2.21. The van der Waals surface area contributed by atoms with Gasteiger partial charge >= 0.3 is 0 Å². The molecule has 0 aromatic heterocycles. The maximum absolute atomic E-state index is 8.35. The molecule has 0 radical (unpaired) electrons. The molecule has 0 aliphatic heterocycles. The summed E-state index contributed by atoms with van der Waals surface area (Å²) >= 11 is 0. The van der Waals surface area contributed by atoms with Crippen LogP contribution < -0.4 is 0 Å². The topological polar surface area (TPSA) is 81.8 Å². The Labute approximate surface area is 89.0 Å². The summed E-state index contributed by atoms with van der Waals surface area (Å²) in [5.41, 5.74) is 2.76. The van der Waals surface area contributed by atoms with Crippen molar-refractivity contribution in [2.24, 2.45) is 0 Å². The van der Waals surface area contributed by atoms with Gasteiger partial charge < -0.3 is 0 Å². The molecule has 0 unspecified atom stereocenters. The predicted octanol–water partition coefficient (Wildman–Crippen LogP) is 2.36. The fourth-order valence-electron chi connectivity index (χ4n) is 0.824. The van der Waals surface area contributed by atoms with Crippen molar-refractivity contribution < 1.29 is 9.59 Å². The van der Waals surface area contributed by atoms with Crippen LogP contribution in [0, 0.1) is 17.7 Å². The van der Waals surface area contributed by atoms with Gasteiger partial charge in [-0.2, -0.15) is 0 Å². The molecular weight excluding hydrogens is 192 g/mol. The number of hydrogen-bond donors (Lipinski definition) is 2. The van der Waals surface area contributed by atoms with Crippen LogP contribution in [0.2, 0.25) is 0 Å². The van der Waals surface area contributed by atoms with Gasteiger partial charge in [0.2, 0.25) is 12.2 Å². The fraction of sp³-hybridized carbons (Fsp3) is 0.273. The second-order valence-electron chi connectivity index (χ2n) is 2.54. The highest BCUT2D eigenvalue weighted by atomic mass is 16.1. The van der Waals surface area contributed by atoms with Crippen LogP contribution in [-0.2, 0) is 16.0 Å². The Hall–Kier alpha value is -2.02. The summed E-state index contributed by atoms with van der Waals surface area (Å²) in [5.74, 6) is 0. The summed E-state index contributed by atoms with van der Waals surface area (Å²) in [5, 5.41) is 10.8. The summed E-state index contributed by atoms with van der Waals surface area (Å²) in [7, 11) is 0. The van der Waals surface area contributed by atoms with Gasteiger partial charge in [0.1, 0.15) is 0 Å². The summed E-state index contributed by atoms with van der Waals surface area (Å²) in [6, 6.07) is 8.66. The molecule has 4 heteroatoms. The number of carbonyl (C=O) groups excluding carboxylic acids is 2. The minimum Gasteiger partial charge on any atom is -0.222 e. The quantitative estimate of drug-likeness (QED) is 0.546. The highest BCUT2D eigenvalue weighted by Crippen LogP contribution is 2.02. The van der Waals surface area contributed by atoms with Gasteiger partial charge in [0.05, 0.1) is 0 Å². The van der Waals surface area contributed by atoms with Crippen molar-refractivity contribution >= 4 is 12.2 Å². The third kappa shape index (κ3) is 12.0. The van der Waals surface area contributed by atoms with E-state index in [0.29, 0.717) is 0 Å². The molecule has 2 N–H and O–H groups in total. The number of isocyanates is 2. The van der Waals surface area contributed by atoms with Crippen molar-refractivity contribution in [1.29, 1.82) is 10.8 Å². The molecule has 0 saturated heterocycles. The Kier molecular flexibility index (Phi) is 12.3. The lowest BCUT2D eigenvalue weighted by Gasteiger charge is -1.94. The molecule has 0 aliphatic rings. The molecule has 1 aromatic rings. The van der Waals surface area contributed by atoms with E-state index >= 15 is 0 Å². The maximum Gasteiger partial charge on any atom is 0.231 e. The van der Waals surface area contributed by atoms with Gasteiger partial charge in [-0.15, -0.1) is 0 Å². The van der Waals surface area contributed by atoms with Crippen LogP contribution in [0.5, 0.6) is 0 Å². The van der Waals surface area contributed by atoms with Crippen LogP contribution in [-0.4, -0.2) is 12.2 Å². The fourth-order valence-corrected chi connectivity index (χ4v) is 0.824. The zero-order chi connectivity index (χ0) is 12.1. The summed E-state index contributed by atoms with van der Waals surface area (Å²) < 4.78 is 0. The SMILES string of the molecule is CCc1ccc(C)cc1.N=C=O.N=C=O. The normalized spacial score (nSPS) is 6.80. The number of hydrogen-bond acceptors (Lipinski definition) is 4. The standard InChI is InChI=1S/C9H12.2CHNO/c1-3-9-6-4-8(2)5-7-9;2*2-1-3/h4-7H,3H2,1-2H3;2*2H. The van der Waals surface area contributed by atoms with E-state index in [1.165, 1.54) is 11.1 Å². The third-order valence-electron chi connectivity index (χ3n) is 1.53. The molecule has 0 spiro atoms. The van der Waals surface area contributed by atoms with Gasteiger partial charge in [-0.25, -0.2) is 20.4 Å². The summed E-state index contributed by atoms with van der Waals surface area (Å²) in [4.78, 5) is 16.7. The van der Waals surface area contributed by atoms with Crippen LogP contribution >= 0.6 is 0 Å². The van der Waals surface area contributed by atoms with Crippen LogP contribution in [0.25, 0.3) is 0 Å². The van der Waals surface area contributed by atoms with E-state index in [4.69, 9.17) is 20.4 Å². The first-order valence-corrected chi connectivity index (χ1v) is 4.29.